The Morgan fingerprint density at radius 3 is 2.81 bits per heavy atom. The molecule has 1 N–H and O–H groups in total. The Hall–Kier alpha value is -0.275. The Labute approximate surface area is 194 Å². The third kappa shape index (κ3) is 7.10. The normalized spacial score (nSPS) is 38.1. The van der Waals surface area contributed by atoms with Crippen LogP contribution in [0.25, 0.3) is 0 Å². The Morgan fingerprint density at radius 1 is 1.26 bits per heavy atom. The van der Waals surface area contributed by atoms with Gasteiger partial charge in [-0.3, -0.25) is 4.79 Å². The molecule has 3 aliphatic rings. The first-order valence-corrected chi connectivity index (χ1v) is 12.8. The second-order valence-electron chi connectivity index (χ2n) is 10.1. The van der Waals surface area contributed by atoms with Crippen molar-refractivity contribution >= 4 is 25.0 Å². The van der Waals surface area contributed by atoms with Crippen LogP contribution < -0.4 is 0 Å². The van der Waals surface area contributed by atoms with Crippen LogP contribution >= 0.6 is 11.9 Å². The van der Waals surface area contributed by atoms with Crippen LogP contribution in [0.4, 0.5) is 0 Å². The first kappa shape index (κ1) is 23.9. The Balaban J connectivity index is 1.56. The van der Waals surface area contributed by atoms with Crippen LogP contribution in [0.5, 0.6) is 0 Å². The van der Waals surface area contributed by atoms with Gasteiger partial charge in [-0.25, -0.2) is 0 Å². The summed E-state index contributed by atoms with van der Waals surface area (Å²) >= 11 is 0.880. The highest BCUT2D eigenvalue weighted by Crippen LogP contribution is 2.47. The molecule has 2 saturated heterocycles. The molecule has 8 heteroatoms. The van der Waals surface area contributed by atoms with Gasteiger partial charge in [0.25, 0.3) is 0 Å². The summed E-state index contributed by atoms with van der Waals surface area (Å²) in [5.41, 5.74) is 0. The number of carboxylic acid groups (broad SMARTS) is 1. The van der Waals surface area contributed by atoms with Crippen molar-refractivity contribution in [2.45, 2.75) is 115 Å². The van der Waals surface area contributed by atoms with Crippen molar-refractivity contribution < 1.29 is 28.3 Å². The number of carboxylic acids is 1. The minimum atomic E-state index is -0.893. The summed E-state index contributed by atoms with van der Waals surface area (Å²) in [7, 11) is 1.08. The number of ether oxygens (including phenoxy) is 3. The molecule has 6 nitrogen and oxygen atoms in total. The van der Waals surface area contributed by atoms with Gasteiger partial charge in [-0.2, -0.15) is 0 Å². The second kappa shape index (κ2) is 11.7. The summed E-state index contributed by atoms with van der Waals surface area (Å²) in [6.45, 7) is 7.60. The number of carbonyl (C=O) groups is 1. The van der Waals surface area contributed by atoms with E-state index >= 15 is 0 Å². The van der Waals surface area contributed by atoms with Gasteiger partial charge in [0.1, 0.15) is 0 Å². The summed E-state index contributed by atoms with van der Waals surface area (Å²) in [5.74, 6) is 0.232. The van der Waals surface area contributed by atoms with Crippen molar-refractivity contribution in [1.29, 1.82) is 1.34 Å². The number of aliphatic carboxylic acids is 1. The van der Waals surface area contributed by atoms with Crippen molar-refractivity contribution in [3.8, 4) is 0 Å². The third-order valence-corrected chi connectivity index (χ3v) is 7.59. The van der Waals surface area contributed by atoms with E-state index in [4.69, 9.17) is 24.8 Å². The molecular formula is C23H40BO6S. The number of rotatable bonds is 10. The first-order chi connectivity index (χ1) is 15.3. The van der Waals surface area contributed by atoms with E-state index in [0.717, 1.165) is 70.5 Å². The summed E-state index contributed by atoms with van der Waals surface area (Å²) in [4.78, 5) is 11.2. The molecule has 3 fully saturated rings. The molecule has 1 spiro atoms. The maximum absolute atomic E-state index is 11.2. The lowest BCUT2D eigenvalue weighted by Gasteiger charge is -2.51. The van der Waals surface area contributed by atoms with Gasteiger partial charge in [-0.15, -0.1) is 0 Å². The van der Waals surface area contributed by atoms with Crippen LogP contribution in [0.2, 0.25) is 0 Å². The molecule has 0 aromatic carbocycles. The monoisotopic (exact) mass is 457 g/mol. The van der Waals surface area contributed by atoms with Crippen LogP contribution in [0.15, 0.2) is 0 Å². The molecule has 1 unspecified atom stereocenters. The van der Waals surface area contributed by atoms with Crippen LogP contribution in [0, 0.1) is 17.8 Å². The van der Waals surface area contributed by atoms with Crippen LogP contribution in [0.3, 0.4) is 0 Å². The van der Waals surface area contributed by atoms with Gasteiger partial charge in [-0.05, 0) is 51.7 Å². The maximum atomic E-state index is 11.2. The van der Waals surface area contributed by atoms with E-state index in [2.05, 4.69) is 20.8 Å². The average Bonchev–Trinajstić information content (AvgIpc) is 2.71. The fourth-order valence-corrected chi connectivity index (χ4v) is 6.12. The van der Waals surface area contributed by atoms with Crippen molar-refractivity contribution in [2.24, 2.45) is 17.8 Å². The van der Waals surface area contributed by atoms with E-state index in [1.807, 2.05) is 0 Å². The van der Waals surface area contributed by atoms with Crippen LogP contribution in [-0.4, -0.2) is 56.3 Å². The molecule has 0 aromatic heterocycles. The second-order valence-corrected chi connectivity index (χ2v) is 10.5. The molecule has 0 amide bonds. The Kier molecular flexibility index (Phi) is 9.03. The zero-order chi connectivity index (χ0) is 23.1. The van der Waals surface area contributed by atoms with Gasteiger partial charge in [0, 0.05) is 18.8 Å². The summed E-state index contributed by atoms with van der Waals surface area (Å²) < 4.78 is 32.1. The first-order valence-electron chi connectivity index (χ1n) is 12.6. The summed E-state index contributed by atoms with van der Waals surface area (Å²) in [6.07, 6.45) is 8.35. The standard InChI is InChI=1S/C23H40BO6S/c1-15(2)21-8-7-16(3)14-23(21)27-10-9-19(29-23)11-17-5-4-6-18(28-17)12-20(30-31-24)13-22(25)26/h15-21,24H,4-14H2,1-3H3,(H,25,26)/t16-,17-,18+,19+,20-,21+,23?/m1/s1/i24T. The Morgan fingerprint density at radius 2 is 2.06 bits per heavy atom. The van der Waals surface area contributed by atoms with Crippen molar-refractivity contribution in [2.75, 3.05) is 6.61 Å². The topological polar surface area (TPSA) is 74.2 Å². The molecule has 0 aromatic rings. The predicted octanol–water partition coefficient (Wildman–Crippen LogP) is 4.62. The molecule has 2 aliphatic heterocycles. The fraction of sp³-hybridized carbons (Fsp3) is 0.957. The zero-order valence-electron chi connectivity index (χ0n) is 20.3. The van der Waals surface area contributed by atoms with Gasteiger partial charge in [-0.1, -0.05) is 39.1 Å². The van der Waals surface area contributed by atoms with Crippen molar-refractivity contribution in [1.82, 2.24) is 0 Å². The van der Waals surface area contributed by atoms with Gasteiger partial charge < -0.3 is 23.5 Å². The molecule has 7 atom stereocenters. The smallest absolute Gasteiger partial charge is 0.306 e. The largest absolute Gasteiger partial charge is 0.481 e. The Bertz CT molecular complexity index is 599. The van der Waals surface area contributed by atoms with Crippen LogP contribution in [-0.2, 0) is 23.2 Å². The van der Waals surface area contributed by atoms with E-state index < -0.39 is 17.9 Å². The molecule has 1 saturated carbocycles. The zero-order valence-corrected chi connectivity index (χ0v) is 20.1. The lowest BCUT2D eigenvalue weighted by Crippen LogP contribution is -2.55. The number of hydrogen-bond acceptors (Lipinski definition) is 6. The average molecular weight is 457 g/mol. The van der Waals surface area contributed by atoms with E-state index in [1.54, 1.807) is 0 Å². The van der Waals surface area contributed by atoms with E-state index in [1.165, 1.54) is 6.42 Å². The highest BCUT2D eigenvalue weighted by Gasteiger charge is 2.50. The highest BCUT2D eigenvalue weighted by molar-refractivity contribution is 8.15. The number of hydrogen-bond donors (Lipinski definition) is 1. The molecule has 2 heterocycles. The van der Waals surface area contributed by atoms with Crippen LogP contribution in [0.1, 0.15) is 85.0 Å². The van der Waals surface area contributed by atoms with Crippen molar-refractivity contribution in [3.05, 3.63) is 0 Å². The molecule has 1 aliphatic carbocycles. The lowest BCUT2D eigenvalue weighted by atomic mass is 9.72. The predicted molar refractivity (Wildman–Crippen MR) is 123 cm³/mol. The summed E-state index contributed by atoms with van der Waals surface area (Å²) in [5, 5.41) is 9.17. The minimum absolute atomic E-state index is 0.0173. The third-order valence-electron chi connectivity index (χ3n) is 7.21. The fourth-order valence-electron chi connectivity index (χ4n) is 5.81. The maximum Gasteiger partial charge on any atom is 0.306 e. The molecular weight excluding hydrogens is 415 g/mol. The SMILES string of the molecule is [3H][B]SO[C@@H](CC(=O)O)C[C@@H]1CCC[C@H](C[C@@H]2CCOC3(C[C@H](C)CC[C@H]3C(C)C)O2)O1. The van der Waals surface area contributed by atoms with Gasteiger partial charge >= 0.3 is 5.97 Å². The van der Waals surface area contributed by atoms with Gasteiger partial charge in [0.15, 0.2) is 5.79 Å². The highest BCUT2D eigenvalue weighted by atomic mass is 32.2. The van der Waals surface area contributed by atoms with Gasteiger partial charge in [0.05, 0.1) is 37.4 Å². The van der Waals surface area contributed by atoms with E-state index in [-0.39, 0.29) is 24.7 Å². The lowest BCUT2D eigenvalue weighted by molar-refractivity contribution is -0.342. The minimum Gasteiger partial charge on any atom is -0.481 e. The van der Waals surface area contributed by atoms with E-state index in [0.29, 0.717) is 24.2 Å². The van der Waals surface area contributed by atoms with Crippen molar-refractivity contribution in [3.63, 3.8) is 0 Å². The summed E-state index contributed by atoms with van der Waals surface area (Å²) in [6, 6.07) is 0. The van der Waals surface area contributed by atoms with E-state index in [9.17, 15) is 4.79 Å². The molecule has 177 valence electrons. The molecule has 0 bridgehead atoms. The molecule has 1 radical (unpaired) electrons. The quantitative estimate of drug-likeness (QED) is 0.379. The molecule has 3 rings (SSSR count). The molecule has 31 heavy (non-hydrogen) atoms. The van der Waals surface area contributed by atoms with Gasteiger partial charge in [0.2, 0.25) is 7.09 Å².